The van der Waals surface area contributed by atoms with Gasteiger partial charge in [0.25, 0.3) is 5.56 Å². The Morgan fingerprint density at radius 1 is 1.04 bits per heavy atom. The summed E-state index contributed by atoms with van der Waals surface area (Å²) in [5, 5.41) is 0. The zero-order chi connectivity index (χ0) is 17.4. The molecule has 0 saturated carbocycles. The van der Waals surface area contributed by atoms with Gasteiger partial charge in [-0.3, -0.25) is 14.8 Å². The molecule has 0 fully saturated rings. The van der Waals surface area contributed by atoms with Gasteiger partial charge in [0.15, 0.2) is 0 Å². The smallest absolute Gasteiger partial charge is 0.338 e. The largest absolute Gasteiger partial charge is 0.465 e. The third-order valence-electron chi connectivity index (χ3n) is 3.59. The van der Waals surface area contributed by atoms with Gasteiger partial charge < -0.3 is 14.2 Å². The molecule has 1 aromatic heterocycles. The monoisotopic (exact) mass is 332 g/mol. The number of nitrogens with one attached hydrogen (secondary N) is 2. The summed E-state index contributed by atoms with van der Waals surface area (Å²) in [6.07, 6.45) is 0.113. The average Bonchev–Trinajstić information content (AvgIpc) is 2.57. The Labute approximate surface area is 134 Å². The van der Waals surface area contributed by atoms with Crippen molar-refractivity contribution < 1.29 is 23.8 Å². The van der Waals surface area contributed by atoms with Gasteiger partial charge in [0.2, 0.25) is 5.88 Å². The van der Waals surface area contributed by atoms with Gasteiger partial charge in [-0.1, -0.05) is 0 Å². The van der Waals surface area contributed by atoms with E-state index in [0.717, 1.165) is 0 Å². The van der Waals surface area contributed by atoms with Crippen LogP contribution in [-0.2, 0) is 15.9 Å². The Hall–Kier alpha value is -3.36. The Morgan fingerprint density at radius 2 is 1.67 bits per heavy atom. The van der Waals surface area contributed by atoms with E-state index in [4.69, 9.17) is 4.74 Å². The van der Waals surface area contributed by atoms with E-state index >= 15 is 0 Å². The number of aromatic nitrogens is 2. The Kier molecular flexibility index (Phi) is 3.68. The van der Waals surface area contributed by atoms with E-state index in [0.29, 0.717) is 5.56 Å². The SMILES string of the molecule is COC(=O)c1cc2c(cc1C(=O)OC)Oc1[nH]c(=O)[nH]c(=O)c1C2. The van der Waals surface area contributed by atoms with Crippen molar-refractivity contribution in [1.82, 2.24) is 9.97 Å². The lowest BCUT2D eigenvalue weighted by molar-refractivity contribution is 0.0555. The number of hydrogen-bond donors (Lipinski definition) is 2. The number of benzene rings is 1. The van der Waals surface area contributed by atoms with Gasteiger partial charge in [-0.2, -0.15) is 0 Å². The molecule has 124 valence electrons. The first-order valence-electron chi connectivity index (χ1n) is 6.81. The maximum Gasteiger partial charge on any atom is 0.338 e. The molecule has 0 spiro atoms. The van der Waals surface area contributed by atoms with Crippen LogP contribution < -0.4 is 16.0 Å². The van der Waals surface area contributed by atoms with Gasteiger partial charge in [0.05, 0.1) is 30.9 Å². The van der Waals surface area contributed by atoms with Crippen LogP contribution in [0.3, 0.4) is 0 Å². The first-order chi connectivity index (χ1) is 11.4. The van der Waals surface area contributed by atoms with Crippen molar-refractivity contribution >= 4 is 11.9 Å². The number of methoxy groups -OCH3 is 2. The zero-order valence-electron chi connectivity index (χ0n) is 12.7. The minimum atomic E-state index is -0.744. The van der Waals surface area contributed by atoms with Gasteiger partial charge in [0, 0.05) is 12.0 Å². The van der Waals surface area contributed by atoms with Crippen LogP contribution in [0.4, 0.5) is 0 Å². The quantitative estimate of drug-likeness (QED) is 0.647. The number of carbonyl (C=O) groups excluding carboxylic acids is 2. The first kappa shape index (κ1) is 15.5. The van der Waals surface area contributed by atoms with E-state index < -0.39 is 23.2 Å². The molecular weight excluding hydrogens is 320 g/mol. The van der Waals surface area contributed by atoms with Crippen LogP contribution in [0.5, 0.6) is 11.6 Å². The number of carbonyl (C=O) groups is 2. The molecule has 0 atom stereocenters. The lowest BCUT2D eigenvalue weighted by Crippen LogP contribution is -2.28. The predicted molar refractivity (Wildman–Crippen MR) is 79.7 cm³/mol. The molecule has 24 heavy (non-hydrogen) atoms. The molecule has 0 aliphatic carbocycles. The molecule has 2 N–H and O–H groups in total. The minimum Gasteiger partial charge on any atom is -0.465 e. The molecule has 0 amide bonds. The molecule has 2 aromatic rings. The summed E-state index contributed by atoms with van der Waals surface area (Å²) in [6, 6.07) is 2.72. The standard InChI is InChI=1S/C15H12N2O7/c1-22-13(19)7-3-6-4-9-11(18)16-15(21)17-12(9)24-10(6)5-8(7)14(20)23-2/h3,5H,4H2,1-2H3,(H2,16,17,18,21). The predicted octanol–water partition coefficient (Wildman–Crippen LogP) is 0.333. The molecule has 9 nitrogen and oxygen atoms in total. The van der Waals surface area contributed by atoms with Crippen LogP contribution in [0.1, 0.15) is 31.8 Å². The summed E-state index contributed by atoms with van der Waals surface area (Å²) >= 11 is 0. The highest BCUT2D eigenvalue weighted by Gasteiger charge is 2.27. The second-order valence-electron chi connectivity index (χ2n) is 4.98. The third-order valence-corrected chi connectivity index (χ3v) is 3.59. The lowest BCUT2D eigenvalue weighted by atomic mass is 9.97. The molecule has 0 unspecified atom stereocenters. The summed E-state index contributed by atoms with van der Waals surface area (Å²) in [5.74, 6) is -1.24. The second kappa shape index (κ2) is 5.69. The van der Waals surface area contributed by atoms with E-state index in [1.165, 1.54) is 26.4 Å². The zero-order valence-corrected chi connectivity index (χ0v) is 12.7. The van der Waals surface area contributed by atoms with Crippen LogP contribution in [0.2, 0.25) is 0 Å². The molecular formula is C15H12N2O7. The fourth-order valence-electron chi connectivity index (χ4n) is 2.46. The molecule has 1 aliphatic heterocycles. The number of ether oxygens (including phenoxy) is 3. The van der Waals surface area contributed by atoms with Crippen molar-refractivity contribution in [3.8, 4) is 11.6 Å². The molecule has 0 radical (unpaired) electrons. The molecule has 3 rings (SSSR count). The van der Waals surface area contributed by atoms with Crippen molar-refractivity contribution in [1.29, 1.82) is 0 Å². The molecule has 1 aromatic carbocycles. The molecule has 0 bridgehead atoms. The highest BCUT2D eigenvalue weighted by molar-refractivity contribution is 6.03. The van der Waals surface area contributed by atoms with Crippen molar-refractivity contribution in [2.75, 3.05) is 14.2 Å². The van der Waals surface area contributed by atoms with Crippen molar-refractivity contribution in [3.05, 3.63) is 55.2 Å². The Balaban J connectivity index is 2.18. The number of rotatable bonds is 2. The van der Waals surface area contributed by atoms with E-state index in [-0.39, 0.29) is 34.7 Å². The normalized spacial score (nSPS) is 11.8. The topological polar surface area (TPSA) is 128 Å². The van der Waals surface area contributed by atoms with Gasteiger partial charge in [-0.25, -0.2) is 14.4 Å². The first-order valence-corrected chi connectivity index (χ1v) is 6.81. The summed E-state index contributed by atoms with van der Waals surface area (Å²) in [4.78, 5) is 51.5. The second-order valence-corrected chi connectivity index (χ2v) is 4.98. The van der Waals surface area contributed by atoms with Crippen LogP contribution in [0, 0.1) is 0 Å². The average molecular weight is 332 g/mol. The number of aromatic amines is 2. The van der Waals surface area contributed by atoms with Crippen molar-refractivity contribution in [2.24, 2.45) is 0 Å². The Bertz CT molecular complexity index is 971. The number of hydrogen-bond acceptors (Lipinski definition) is 7. The number of fused-ring (bicyclic) bond motifs is 2. The van der Waals surface area contributed by atoms with Gasteiger partial charge in [-0.15, -0.1) is 0 Å². The van der Waals surface area contributed by atoms with E-state index in [1.807, 2.05) is 0 Å². The van der Waals surface area contributed by atoms with Crippen molar-refractivity contribution in [2.45, 2.75) is 6.42 Å². The fourth-order valence-corrected chi connectivity index (χ4v) is 2.46. The number of esters is 2. The van der Waals surface area contributed by atoms with E-state index in [1.54, 1.807) is 0 Å². The third kappa shape index (κ3) is 2.45. The Morgan fingerprint density at radius 3 is 2.29 bits per heavy atom. The summed E-state index contributed by atoms with van der Waals surface area (Å²) < 4.78 is 14.8. The van der Waals surface area contributed by atoms with Crippen LogP contribution in [-0.4, -0.2) is 36.1 Å². The highest BCUT2D eigenvalue weighted by Crippen LogP contribution is 2.35. The van der Waals surface area contributed by atoms with E-state index in [9.17, 15) is 19.2 Å². The highest BCUT2D eigenvalue weighted by atomic mass is 16.5. The molecule has 1 aliphatic rings. The minimum absolute atomic E-state index is 0.00196. The van der Waals surface area contributed by atoms with Gasteiger partial charge in [-0.05, 0) is 12.1 Å². The summed E-state index contributed by atoms with van der Waals surface area (Å²) in [5.41, 5.74) is -0.635. The van der Waals surface area contributed by atoms with Crippen LogP contribution >= 0.6 is 0 Å². The lowest BCUT2D eigenvalue weighted by Gasteiger charge is -2.20. The maximum absolute atomic E-state index is 11.9. The summed E-state index contributed by atoms with van der Waals surface area (Å²) in [6.45, 7) is 0. The molecule has 2 heterocycles. The molecule has 9 heteroatoms. The molecule has 0 saturated heterocycles. The van der Waals surface area contributed by atoms with Gasteiger partial charge in [0.1, 0.15) is 5.75 Å². The van der Waals surface area contributed by atoms with Crippen LogP contribution in [0.15, 0.2) is 21.7 Å². The fraction of sp³-hybridized carbons (Fsp3) is 0.200. The maximum atomic E-state index is 11.9. The summed E-state index contributed by atoms with van der Waals surface area (Å²) in [7, 11) is 2.36. The number of H-pyrrole nitrogens is 2. The van der Waals surface area contributed by atoms with Crippen molar-refractivity contribution in [3.63, 3.8) is 0 Å². The van der Waals surface area contributed by atoms with Gasteiger partial charge >= 0.3 is 17.6 Å². The van der Waals surface area contributed by atoms with E-state index in [2.05, 4.69) is 19.4 Å². The van der Waals surface area contributed by atoms with Crippen LogP contribution in [0.25, 0.3) is 0 Å².